The van der Waals surface area contributed by atoms with Crippen molar-refractivity contribution in [2.45, 2.75) is 58.0 Å². The Labute approximate surface area is 226 Å². The third-order valence-corrected chi connectivity index (χ3v) is 8.18. The maximum absolute atomic E-state index is 15.2. The third kappa shape index (κ3) is 7.22. The molecule has 2 saturated heterocycles. The van der Waals surface area contributed by atoms with Crippen LogP contribution < -0.4 is 5.73 Å². The van der Waals surface area contributed by atoms with E-state index in [1.165, 1.54) is 12.1 Å². The highest BCUT2D eigenvalue weighted by atomic mass is 19.1. The minimum atomic E-state index is -1.17. The average molecular weight is 526 g/mol. The van der Waals surface area contributed by atoms with Crippen molar-refractivity contribution in [1.29, 1.82) is 0 Å². The molecule has 0 aromatic heterocycles. The Morgan fingerprint density at radius 1 is 0.921 bits per heavy atom. The van der Waals surface area contributed by atoms with Gasteiger partial charge in [-0.1, -0.05) is 37.4 Å². The lowest BCUT2D eigenvalue weighted by atomic mass is 9.89. The van der Waals surface area contributed by atoms with Crippen LogP contribution in [0.4, 0.5) is 13.2 Å². The van der Waals surface area contributed by atoms with Crippen LogP contribution in [-0.2, 0) is 6.42 Å². The molecule has 0 radical (unpaired) electrons. The molecule has 3 nitrogen and oxygen atoms in total. The van der Waals surface area contributed by atoms with Gasteiger partial charge in [0.15, 0.2) is 0 Å². The van der Waals surface area contributed by atoms with Gasteiger partial charge in [-0.05, 0) is 89.1 Å². The number of nitrogens with zero attached hydrogens (tertiary/aromatic N) is 2. The minimum absolute atomic E-state index is 0.256. The maximum atomic E-state index is 15.2. The van der Waals surface area contributed by atoms with Gasteiger partial charge in [-0.25, -0.2) is 13.2 Å². The first-order valence-corrected chi connectivity index (χ1v) is 13.9. The van der Waals surface area contributed by atoms with E-state index in [0.717, 1.165) is 81.7 Å². The number of nitrogens with two attached hydrogens (primary N) is 1. The highest BCUT2D eigenvalue weighted by Crippen LogP contribution is 2.32. The van der Waals surface area contributed by atoms with Crippen LogP contribution in [0.5, 0.6) is 0 Å². The number of rotatable bonds is 9. The molecule has 2 N–H and O–H groups in total. The van der Waals surface area contributed by atoms with Crippen LogP contribution >= 0.6 is 0 Å². The van der Waals surface area contributed by atoms with Gasteiger partial charge in [-0.2, -0.15) is 0 Å². The van der Waals surface area contributed by atoms with E-state index >= 15 is 8.78 Å². The van der Waals surface area contributed by atoms with Crippen molar-refractivity contribution in [3.8, 4) is 11.1 Å². The number of likely N-dealkylation sites (tertiary alicyclic amines) is 2. The molecule has 2 aromatic carbocycles. The van der Waals surface area contributed by atoms with Crippen molar-refractivity contribution < 1.29 is 13.2 Å². The Bertz CT molecular complexity index is 1140. The maximum Gasteiger partial charge on any atom is 0.131 e. The molecule has 0 unspecified atom stereocenters. The van der Waals surface area contributed by atoms with Crippen LogP contribution in [0, 0.1) is 23.5 Å². The van der Waals surface area contributed by atoms with E-state index in [-0.39, 0.29) is 11.1 Å². The Kier molecular flexibility index (Phi) is 8.92. The van der Waals surface area contributed by atoms with Crippen molar-refractivity contribution in [1.82, 2.24) is 9.80 Å². The molecule has 2 aliphatic heterocycles. The summed E-state index contributed by atoms with van der Waals surface area (Å²) in [7, 11) is 0. The fourth-order valence-corrected chi connectivity index (χ4v) is 5.88. The fourth-order valence-electron chi connectivity index (χ4n) is 5.88. The molecule has 0 saturated carbocycles. The van der Waals surface area contributed by atoms with Gasteiger partial charge in [-0.3, -0.25) is 0 Å². The molecule has 2 heterocycles. The molecule has 6 heteroatoms. The average Bonchev–Trinajstić information content (AvgIpc) is 2.87. The van der Waals surface area contributed by atoms with Gasteiger partial charge in [0.2, 0.25) is 0 Å². The van der Waals surface area contributed by atoms with E-state index in [9.17, 15) is 4.39 Å². The summed E-state index contributed by atoms with van der Waals surface area (Å²) in [6, 6.07) is 10.1. The van der Waals surface area contributed by atoms with Gasteiger partial charge in [0.05, 0.1) is 0 Å². The van der Waals surface area contributed by atoms with Crippen LogP contribution in [0.3, 0.4) is 0 Å². The van der Waals surface area contributed by atoms with E-state index in [0.29, 0.717) is 23.9 Å². The number of allylic oxidation sites excluding steroid dienone is 1. The van der Waals surface area contributed by atoms with Crippen molar-refractivity contribution >= 4 is 5.70 Å². The molecule has 2 aliphatic rings. The zero-order valence-corrected chi connectivity index (χ0v) is 22.9. The standard InChI is InChI=1S/C32H42F3N3/c1-22(36)26-13-17-38(18-14-26)23(2)27-8-10-29(31(34)20-27)28-9-7-25(19-30(28)33)6-5-24-11-15-37(16-12-24)21-32(3,4)35/h7-10,19-20,24,26H,1-2,5-6,11-18,21,36H2,3-4H3. The summed E-state index contributed by atoms with van der Waals surface area (Å²) in [5.74, 6) is 0.0210. The summed E-state index contributed by atoms with van der Waals surface area (Å²) in [4.78, 5) is 4.34. The van der Waals surface area contributed by atoms with Crippen LogP contribution in [0.2, 0.25) is 0 Å². The van der Waals surface area contributed by atoms with E-state index in [1.54, 1.807) is 26.0 Å². The van der Waals surface area contributed by atoms with E-state index in [2.05, 4.69) is 23.0 Å². The summed E-state index contributed by atoms with van der Waals surface area (Å²) in [6.07, 6.45) is 5.66. The fraction of sp³-hybridized carbons (Fsp3) is 0.500. The van der Waals surface area contributed by atoms with Crippen molar-refractivity contribution in [3.05, 3.63) is 78.0 Å². The Morgan fingerprint density at radius 2 is 1.53 bits per heavy atom. The smallest absolute Gasteiger partial charge is 0.131 e. The molecular weight excluding hydrogens is 483 g/mol. The SMILES string of the molecule is C=C(N)C1CCN(C(=C)c2ccc(-c3ccc(CCC4CCN(CC(C)(C)F)CC4)cc3F)c(F)c2)CC1. The number of hydrogen-bond acceptors (Lipinski definition) is 3. The van der Waals surface area contributed by atoms with Gasteiger partial charge >= 0.3 is 0 Å². The second kappa shape index (κ2) is 12.0. The predicted molar refractivity (Wildman–Crippen MR) is 151 cm³/mol. The van der Waals surface area contributed by atoms with Crippen LogP contribution in [0.15, 0.2) is 55.3 Å². The number of alkyl halides is 1. The van der Waals surface area contributed by atoms with Gasteiger partial charge in [0.25, 0.3) is 0 Å². The monoisotopic (exact) mass is 525 g/mol. The van der Waals surface area contributed by atoms with Crippen LogP contribution in [-0.4, -0.2) is 48.2 Å². The first kappa shape index (κ1) is 28.3. The molecule has 0 amide bonds. The van der Waals surface area contributed by atoms with Gasteiger partial charge < -0.3 is 15.5 Å². The summed E-state index contributed by atoms with van der Waals surface area (Å²) >= 11 is 0. The van der Waals surface area contributed by atoms with E-state index in [1.807, 2.05) is 12.1 Å². The summed E-state index contributed by atoms with van der Waals surface area (Å²) < 4.78 is 44.2. The van der Waals surface area contributed by atoms with E-state index < -0.39 is 17.3 Å². The van der Waals surface area contributed by atoms with Crippen molar-refractivity contribution in [2.24, 2.45) is 17.6 Å². The van der Waals surface area contributed by atoms with Gasteiger partial charge in [-0.15, -0.1) is 0 Å². The molecule has 0 bridgehead atoms. The topological polar surface area (TPSA) is 32.5 Å². The highest BCUT2D eigenvalue weighted by molar-refractivity contribution is 5.70. The number of hydrogen-bond donors (Lipinski definition) is 1. The van der Waals surface area contributed by atoms with Crippen LogP contribution in [0.25, 0.3) is 16.8 Å². The molecule has 0 aliphatic carbocycles. The van der Waals surface area contributed by atoms with Crippen LogP contribution in [0.1, 0.15) is 57.1 Å². The summed E-state index contributed by atoms with van der Waals surface area (Å²) in [6.45, 7) is 15.2. The molecule has 2 fully saturated rings. The number of benzene rings is 2. The largest absolute Gasteiger partial charge is 0.402 e. The number of aryl methyl sites for hydroxylation is 1. The quantitative estimate of drug-likeness (QED) is 0.376. The van der Waals surface area contributed by atoms with Crippen molar-refractivity contribution in [3.63, 3.8) is 0 Å². The number of piperidine rings is 2. The molecule has 4 rings (SSSR count). The third-order valence-electron chi connectivity index (χ3n) is 8.18. The normalized spacial score (nSPS) is 18.1. The summed E-state index contributed by atoms with van der Waals surface area (Å²) in [5.41, 5.74) is 8.33. The second-order valence-corrected chi connectivity index (χ2v) is 11.8. The molecular formula is C32H42F3N3. The number of halogens is 3. The summed E-state index contributed by atoms with van der Waals surface area (Å²) in [5, 5.41) is 0. The molecule has 0 spiro atoms. The lowest BCUT2D eigenvalue weighted by Crippen LogP contribution is -2.41. The molecule has 2 aromatic rings. The van der Waals surface area contributed by atoms with Gasteiger partial charge in [0.1, 0.15) is 17.3 Å². The Hall–Kier alpha value is -2.73. The first-order valence-electron chi connectivity index (χ1n) is 13.9. The molecule has 38 heavy (non-hydrogen) atoms. The minimum Gasteiger partial charge on any atom is -0.402 e. The van der Waals surface area contributed by atoms with Crippen molar-refractivity contribution in [2.75, 3.05) is 32.7 Å². The lowest BCUT2D eigenvalue weighted by Gasteiger charge is -2.35. The highest BCUT2D eigenvalue weighted by Gasteiger charge is 2.25. The predicted octanol–water partition coefficient (Wildman–Crippen LogP) is 7.18. The molecule has 0 atom stereocenters. The zero-order chi connectivity index (χ0) is 27.4. The van der Waals surface area contributed by atoms with E-state index in [4.69, 9.17) is 5.73 Å². The molecule has 206 valence electrons. The zero-order valence-electron chi connectivity index (χ0n) is 22.9. The second-order valence-electron chi connectivity index (χ2n) is 11.8. The lowest BCUT2D eigenvalue weighted by molar-refractivity contribution is 0.0943. The Balaban J connectivity index is 1.33. The Morgan fingerprint density at radius 3 is 2.08 bits per heavy atom. The van der Waals surface area contributed by atoms with Gasteiger partial charge in [0, 0.05) is 53.6 Å². The first-order chi connectivity index (χ1) is 18.0.